The predicted octanol–water partition coefficient (Wildman–Crippen LogP) is 2.06. The monoisotopic (exact) mass is 253 g/mol. The zero-order valence-corrected chi connectivity index (χ0v) is 12.3. The highest BCUT2D eigenvalue weighted by Crippen LogP contribution is 2.24. The molecule has 1 saturated heterocycles. The van der Waals surface area contributed by atoms with Crippen LogP contribution in [0.4, 0.5) is 0 Å². The molecule has 2 rings (SSSR count). The van der Waals surface area contributed by atoms with Gasteiger partial charge in [0.05, 0.1) is 0 Å². The average molecular weight is 253 g/mol. The molecule has 0 aromatic carbocycles. The molecule has 0 radical (unpaired) electrons. The van der Waals surface area contributed by atoms with E-state index in [0.717, 1.165) is 19.0 Å². The molecule has 1 heterocycles. The zero-order valence-electron chi connectivity index (χ0n) is 12.3. The van der Waals surface area contributed by atoms with E-state index in [1.807, 2.05) is 0 Å². The largest absolute Gasteiger partial charge is 0.324 e. The van der Waals surface area contributed by atoms with Crippen molar-refractivity contribution >= 4 is 0 Å². The first kappa shape index (κ1) is 14.3. The Morgan fingerprint density at radius 3 is 2.28 bits per heavy atom. The number of rotatable bonds is 5. The number of hydrogen-bond donors (Lipinski definition) is 1. The number of hydrogen-bond acceptors (Lipinski definition) is 3. The van der Waals surface area contributed by atoms with Gasteiger partial charge in [-0.3, -0.25) is 9.80 Å². The fraction of sp³-hybridized carbons (Fsp3) is 1.00. The molecule has 1 saturated carbocycles. The highest BCUT2D eigenvalue weighted by molar-refractivity contribution is 4.87. The summed E-state index contributed by atoms with van der Waals surface area (Å²) in [5.41, 5.74) is 6.36. The van der Waals surface area contributed by atoms with Gasteiger partial charge in [-0.1, -0.05) is 26.2 Å². The quantitative estimate of drug-likeness (QED) is 0.814. The molecule has 0 bridgehead atoms. The van der Waals surface area contributed by atoms with Gasteiger partial charge >= 0.3 is 0 Å². The van der Waals surface area contributed by atoms with Gasteiger partial charge in [-0.2, -0.15) is 0 Å². The van der Waals surface area contributed by atoms with Crippen molar-refractivity contribution in [2.75, 3.05) is 32.7 Å². The third-order valence-electron chi connectivity index (χ3n) is 4.65. The smallest absolute Gasteiger partial charge is 0.0254 e. The fourth-order valence-corrected chi connectivity index (χ4v) is 3.72. The van der Waals surface area contributed by atoms with Crippen molar-refractivity contribution in [2.45, 2.75) is 64.0 Å². The second-order valence-corrected chi connectivity index (χ2v) is 6.65. The molecule has 1 aliphatic carbocycles. The van der Waals surface area contributed by atoms with Crippen molar-refractivity contribution in [3.05, 3.63) is 0 Å². The van der Waals surface area contributed by atoms with Gasteiger partial charge < -0.3 is 5.73 Å². The Labute approximate surface area is 113 Å². The molecule has 0 amide bonds. The van der Waals surface area contributed by atoms with Crippen molar-refractivity contribution < 1.29 is 0 Å². The minimum atomic E-state index is 0.00424. The van der Waals surface area contributed by atoms with Crippen LogP contribution in [0, 0.1) is 0 Å². The maximum atomic E-state index is 6.36. The van der Waals surface area contributed by atoms with Crippen LogP contribution in [0.5, 0.6) is 0 Å². The predicted molar refractivity (Wildman–Crippen MR) is 77.8 cm³/mol. The van der Waals surface area contributed by atoms with Crippen molar-refractivity contribution in [1.29, 1.82) is 0 Å². The van der Waals surface area contributed by atoms with Crippen LogP contribution >= 0.6 is 0 Å². The molecule has 1 atom stereocenters. The molecule has 106 valence electrons. The van der Waals surface area contributed by atoms with E-state index in [9.17, 15) is 0 Å². The van der Waals surface area contributed by atoms with Crippen LogP contribution in [0.15, 0.2) is 0 Å². The summed E-state index contributed by atoms with van der Waals surface area (Å²) in [6.07, 6.45) is 8.09. The van der Waals surface area contributed by atoms with Crippen molar-refractivity contribution in [3.8, 4) is 0 Å². The minimum absolute atomic E-state index is 0.00424. The van der Waals surface area contributed by atoms with Gasteiger partial charge in [0.2, 0.25) is 0 Å². The maximum absolute atomic E-state index is 6.36. The van der Waals surface area contributed by atoms with Crippen LogP contribution in [0.2, 0.25) is 0 Å². The second kappa shape index (κ2) is 6.36. The summed E-state index contributed by atoms with van der Waals surface area (Å²) in [5, 5.41) is 0. The molecule has 3 heteroatoms. The van der Waals surface area contributed by atoms with E-state index in [1.54, 1.807) is 0 Å². The standard InChI is InChI=1S/C15H31N3/c1-3-8-15(2,16)13-17-9-11-18(12-10-17)14-6-4-5-7-14/h14H,3-13,16H2,1-2H3. The summed E-state index contributed by atoms with van der Waals surface area (Å²) in [6.45, 7) is 10.4. The van der Waals surface area contributed by atoms with Crippen molar-refractivity contribution in [3.63, 3.8) is 0 Å². The first-order valence-corrected chi connectivity index (χ1v) is 7.86. The Morgan fingerprint density at radius 2 is 1.72 bits per heavy atom. The highest BCUT2D eigenvalue weighted by Gasteiger charge is 2.28. The van der Waals surface area contributed by atoms with E-state index in [1.165, 1.54) is 58.3 Å². The third kappa shape index (κ3) is 3.94. The number of piperazine rings is 1. The van der Waals surface area contributed by atoms with E-state index in [-0.39, 0.29) is 5.54 Å². The average Bonchev–Trinajstić information content (AvgIpc) is 2.82. The topological polar surface area (TPSA) is 32.5 Å². The molecule has 1 aliphatic heterocycles. The van der Waals surface area contributed by atoms with Crippen LogP contribution in [0.1, 0.15) is 52.4 Å². The fourth-order valence-electron chi connectivity index (χ4n) is 3.72. The van der Waals surface area contributed by atoms with Gasteiger partial charge in [-0.05, 0) is 26.2 Å². The molecule has 0 aromatic heterocycles. The molecular formula is C15H31N3. The van der Waals surface area contributed by atoms with Crippen LogP contribution in [-0.4, -0.2) is 54.1 Å². The summed E-state index contributed by atoms with van der Waals surface area (Å²) in [4.78, 5) is 5.29. The van der Waals surface area contributed by atoms with Crippen molar-refractivity contribution in [1.82, 2.24) is 9.80 Å². The molecule has 3 nitrogen and oxygen atoms in total. The van der Waals surface area contributed by atoms with E-state index in [4.69, 9.17) is 5.73 Å². The Balaban J connectivity index is 1.72. The minimum Gasteiger partial charge on any atom is -0.324 e. The second-order valence-electron chi connectivity index (χ2n) is 6.65. The Morgan fingerprint density at radius 1 is 1.11 bits per heavy atom. The lowest BCUT2D eigenvalue weighted by Gasteiger charge is -2.41. The zero-order chi connectivity index (χ0) is 13.0. The molecule has 2 fully saturated rings. The number of nitrogens with two attached hydrogens (primary N) is 1. The molecule has 1 unspecified atom stereocenters. The van der Waals surface area contributed by atoms with Gasteiger partial charge in [0.1, 0.15) is 0 Å². The van der Waals surface area contributed by atoms with E-state index in [2.05, 4.69) is 23.6 Å². The van der Waals surface area contributed by atoms with Gasteiger partial charge in [-0.25, -0.2) is 0 Å². The molecular weight excluding hydrogens is 222 g/mol. The lowest BCUT2D eigenvalue weighted by atomic mass is 9.96. The Kier molecular flexibility index (Phi) is 5.05. The third-order valence-corrected chi connectivity index (χ3v) is 4.65. The normalized spacial score (nSPS) is 27.5. The van der Waals surface area contributed by atoms with E-state index < -0.39 is 0 Å². The molecule has 18 heavy (non-hydrogen) atoms. The summed E-state index contributed by atoms with van der Waals surface area (Å²) in [6, 6.07) is 0.895. The molecule has 2 aliphatic rings. The van der Waals surface area contributed by atoms with Gasteiger partial charge in [0.15, 0.2) is 0 Å². The lowest BCUT2D eigenvalue weighted by Crippen LogP contribution is -2.55. The summed E-state index contributed by atoms with van der Waals surface area (Å²) >= 11 is 0. The molecule has 0 aromatic rings. The summed E-state index contributed by atoms with van der Waals surface area (Å²) < 4.78 is 0. The van der Waals surface area contributed by atoms with E-state index >= 15 is 0 Å². The van der Waals surface area contributed by atoms with E-state index in [0.29, 0.717) is 0 Å². The van der Waals surface area contributed by atoms with Gasteiger partial charge in [-0.15, -0.1) is 0 Å². The first-order chi connectivity index (χ1) is 8.61. The Bertz CT molecular complexity index is 238. The maximum Gasteiger partial charge on any atom is 0.0254 e. The van der Waals surface area contributed by atoms with Gasteiger partial charge in [0, 0.05) is 44.3 Å². The highest BCUT2D eigenvalue weighted by atomic mass is 15.3. The SMILES string of the molecule is CCCC(C)(N)CN1CCN(C2CCCC2)CC1. The summed E-state index contributed by atoms with van der Waals surface area (Å²) in [7, 11) is 0. The van der Waals surface area contributed by atoms with Crippen LogP contribution in [0.3, 0.4) is 0 Å². The van der Waals surface area contributed by atoms with Crippen LogP contribution in [0.25, 0.3) is 0 Å². The van der Waals surface area contributed by atoms with Crippen molar-refractivity contribution in [2.24, 2.45) is 5.73 Å². The summed E-state index contributed by atoms with van der Waals surface area (Å²) in [5.74, 6) is 0. The molecule has 0 spiro atoms. The van der Waals surface area contributed by atoms with Crippen LogP contribution in [-0.2, 0) is 0 Å². The first-order valence-electron chi connectivity index (χ1n) is 7.86. The lowest BCUT2D eigenvalue weighted by molar-refractivity contribution is 0.0833. The Hall–Kier alpha value is -0.120. The number of nitrogens with zero attached hydrogens (tertiary/aromatic N) is 2. The van der Waals surface area contributed by atoms with Gasteiger partial charge in [0.25, 0.3) is 0 Å². The molecule has 2 N–H and O–H groups in total. The van der Waals surface area contributed by atoms with Crippen LogP contribution < -0.4 is 5.73 Å².